The van der Waals surface area contributed by atoms with Gasteiger partial charge in [-0.3, -0.25) is 24.6 Å². The Hall–Kier alpha value is -2.68. The van der Waals surface area contributed by atoms with Crippen molar-refractivity contribution >= 4 is 46.4 Å². The van der Waals surface area contributed by atoms with Gasteiger partial charge in [0.2, 0.25) is 5.91 Å². The van der Waals surface area contributed by atoms with E-state index in [2.05, 4.69) is 5.32 Å². The average Bonchev–Trinajstić information content (AvgIpc) is 2.69. The smallest absolute Gasteiger partial charge is 0.282 e. The molecule has 2 aromatic carbocycles. The summed E-state index contributed by atoms with van der Waals surface area (Å²) in [6, 6.07) is 10.9. The van der Waals surface area contributed by atoms with Crippen LogP contribution in [0.25, 0.3) is 0 Å². The zero-order chi connectivity index (χ0) is 21.0. The molecule has 152 valence electrons. The van der Waals surface area contributed by atoms with Gasteiger partial charge >= 0.3 is 0 Å². The van der Waals surface area contributed by atoms with Crippen molar-refractivity contribution in [2.24, 2.45) is 0 Å². The molecule has 0 aromatic heterocycles. The van der Waals surface area contributed by atoms with Crippen molar-refractivity contribution < 1.29 is 14.5 Å². The highest BCUT2D eigenvalue weighted by Crippen LogP contribution is 2.25. The molecule has 0 bridgehead atoms. The molecule has 0 spiro atoms. The van der Waals surface area contributed by atoms with Crippen molar-refractivity contribution in [2.45, 2.75) is 0 Å². The zero-order valence-corrected chi connectivity index (χ0v) is 16.8. The summed E-state index contributed by atoms with van der Waals surface area (Å²) in [7, 11) is 0. The van der Waals surface area contributed by atoms with E-state index < -0.39 is 10.8 Å². The van der Waals surface area contributed by atoms with Gasteiger partial charge in [-0.15, -0.1) is 0 Å². The second-order valence-corrected chi connectivity index (χ2v) is 7.36. The maximum Gasteiger partial charge on any atom is 0.282 e. The molecule has 3 rings (SSSR count). The van der Waals surface area contributed by atoms with Crippen LogP contribution in [0.2, 0.25) is 10.0 Å². The lowest BCUT2D eigenvalue weighted by molar-refractivity contribution is -0.385. The third-order valence-corrected chi connectivity index (χ3v) is 5.13. The number of rotatable bonds is 5. The Kier molecular flexibility index (Phi) is 6.68. The number of anilines is 1. The van der Waals surface area contributed by atoms with Gasteiger partial charge in [-0.05, 0) is 24.3 Å². The predicted octanol–water partition coefficient (Wildman–Crippen LogP) is 3.30. The molecule has 0 aliphatic carbocycles. The molecule has 1 aliphatic heterocycles. The molecule has 1 heterocycles. The Morgan fingerprint density at radius 1 is 1.07 bits per heavy atom. The quantitative estimate of drug-likeness (QED) is 0.572. The monoisotopic (exact) mass is 436 g/mol. The second-order valence-electron chi connectivity index (χ2n) is 6.51. The summed E-state index contributed by atoms with van der Waals surface area (Å²) in [6.07, 6.45) is 0. The summed E-state index contributed by atoms with van der Waals surface area (Å²) in [4.78, 5) is 39.0. The standard InChI is InChI=1S/C19H18Cl2N4O4/c20-13-5-6-17(25(28)29)14(11-13)19(27)24-9-7-23(8-10-24)12-18(26)22-16-4-2-1-3-15(16)21/h1-6,11H,7-10,12H2,(H,22,26). The molecule has 29 heavy (non-hydrogen) atoms. The highest BCUT2D eigenvalue weighted by molar-refractivity contribution is 6.33. The summed E-state index contributed by atoms with van der Waals surface area (Å²) in [5, 5.41) is 14.7. The topological polar surface area (TPSA) is 95.8 Å². The molecule has 0 atom stereocenters. The number of nitrogens with zero attached hydrogens (tertiary/aromatic N) is 3. The number of piperazine rings is 1. The number of nitro benzene ring substituents is 1. The average molecular weight is 437 g/mol. The minimum atomic E-state index is -0.598. The van der Waals surface area contributed by atoms with E-state index in [1.807, 2.05) is 4.90 Å². The van der Waals surface area contributed by atoms with Crippen molar-refractivity contribution in [1.82, 2.24) is 9.80 Å². The lowest BCUT2D eigenvalue weighted by Gasteiger charge is -2.34. The minimum absolute atomic E-state index is 0.0348. The maximum atomic E-state index is 12.7. The van der Waals surface area contributed by atoms with E-state index in [4.69, 9.17) is 23.2 Å². The molecule has 1 saturated heterocycles. The van der Waals surface area contributed by atoms with Gasteiger partial charge in [0.25, 0.3) is 11.6 Å². The lowest BCUT2D eigenvalue weighted by Crippen LogP contribution is -2.50. The van der Waals surface area contributed by atoms with E-state index >= 15 is 0 Å². The molecule has 10 heteroatoms. The van der Waals surface area contributed by atoms with Crippen LogP contribution in [-0.2, 0) is 4.79 Å². The van der Waals surface area contributed by atoms with Crippen LogP contribution in [0.1, 0.15) is 10.4 Å². The number of amides is 2. The Labute approximate surface area is 177 Å². The van der Waals surface area contributed by atoms with E-state index in [9.17, 15) is 19.7 Å². The summed E-state index contributed by atoms with van der Waals surface area (Å²) in [6.45, 7) is 1.79. The van der Waals surface area contributed by atoms with Crippen molar-refractivity contribution in [1.29, 1.82) is 0 Å². The summed E-state index contributed by atoms with van der Waals surface area (Å²) >= 11 is 11.9. The number of carbonyl (C=O) groups excluding carboxylic acids is 2. The Morgan fingerprint density at radius 2 is 1.76 bits per heavy atom. The van der Waals surface area contributed by atoms with Gasteiger partial charge in [-0.25, -0.2) is 0 Å². The number of para-hydroxylation sites is 1. The first-order chi connectivity index (χ1) is 13.8. The SMILES string of the molecule is O=C(CN1CCN(C(=O)c2cc(Cl)ccc2[N+](=O)[O-])CC1)Nc1ccccc1Cl. The molecule has 1 fully saturated rings. The fourth-order valence-electron chi connectivity index (χ4n) is 3.07. The zero-order valence-electron chi connectivity index (χ0n) is 15.3. The van der Waals surface area contributed by atoms with Gasteiger partial charge in [0.1, 0.15) is 5.56 Å². The van der Waals surface area contributed by atoms with E-state index in [1.165, 1.54) is 23.1 Å². The molecule has 8 nitrogen and oxygen atoms in total. The highest BCUT2D eigenvalue weighted by atomic mass is 35.5. The van der Waals surface area contributed by atoms with Crippen LogP contribution in [-0.4, -0.2) is 59.3 Å². The number of nitrogens with one attached hydrogen (secondary N) is 1. The van der Waals surface area contributed by atoms with Crippen LogP contribution >= 0.6 is 23.2 Å². The van der Waals surface area contributed by atoms with Crippen molar-refractivity contribution in [3.8, 4) is 0 Å². The third-order valence-electron chi connectivity index (χ3n) is 4.56. The van der Waals surface area contributed by atoms with Crippen LogP contribution in [0.4, 0.5) is 11.4 Å². The Balaban J connectivity index is 1.57. The van der Waals surface area contributed by atoms with Gasteiger partial charge in [-0.1, -0.05) is 35.3 Å². The highest BCUT2D eigenvalue weighted by Gasteiger charge is 2.28. The third kappa shape index (κ3) is 5.23. The first kappa shape index (κ1) is 21.0. The van der Waals surface area contributed by atoms with E-state index in [1.54, 1.807) is 24.3 Å². The minimum Gasteiger partial charge on any atom is -0.336 e. The van der Waals surface area contributed by atoms with Gasteiger partial charge in [-0.2, -0.15) is 0 Å². The second kappa shape index (κ2) is 9.21. The van der Waals surface area contributed by atoms with Crippen LogP contribution in [0.15, 0.2) is 42.5 Å². The van der Waals surface area contributed by atoms with Crippen LogP contribution in [0.3, 0.4) is 0 Å². The maximum absolute atomic E-state index is 12.7. The fraction of sp³-hybridized carbons (Fsp3) is 0.263. The van der Waals surface area contributed by atoms with Crippen molar-refractivity contribution in [3.05, 3.63) is 68.2 Å². The Bertz CT molecular complexity index is 946. The fourth-order valence-corrected chi connectivity index (χ4v) is 3.43. The van der Waals surface area contributed by atoms with Crippen LogP contribution < -0.4 is 5.32 Å². The number of benzene rings is 2. The van der Waals surface area contributed by atoms with Gasteiger partial charge < -0.3 is 10.2 Å². The summed E-state index contributed by atoms with van der Waals surface area (Å²) in [5.74, 6) is -0.650. The molecular formula is C19H18Cl2N4O4. The molecule has 2 aromatic rings. The number of carbonyl (C=O) groups is 2. The normalized spacial score (nSPS) is 14.5. The lowest BCUT2D eigenvalue weighted by atomic mass is 10.1. The first-order valence-electron chi connectivity index (χ1n) is 8.85. The molecule has 0 radical (unpaired) electrons. The number of hydrogen-bond donors (Lipinski definition) is 1. The van der Waals surface area contributed by atoms with E-state index in [-0.39, 0.29) is 28.7 Å². The summed E-state index contributed by atoms with van der Waals surface area (Å²) in [5.41, 5.74) is 0.231. The number of nitro groups is 1. The Morgan fingerprint density at radius 3 is 2.41 bits per heavy atom. The first-order valence-corrected chi connectivity index (χ1v) is 9.60. The van der Waals surface area contributed by atoms with Crippen molar-refractivity contribution in [2.75, 3.05) is 38.0 Å². The molecule has 1 N–H and O–H groups in total. The number of hydrogen-bond acceptors (Lipinski definition) is 5. The van der Waals surface area contributed by atoms with E-state index in [0.717, 1.165) is 0 Å². The van der Waals surface area contributed by atoms with E-state index in [0.29, 0.717) is 36.9 Å². The predicted molar refractivity (Wildman–Crippen MR) is 111 cm³/mol. The van der Waals surface area contributed by atoms with Gasteiger partial charge in [0, 0.05) is 37.3 Å². The van der Waals surface area contributed by atoms with Crippen LogP contribution in [0, 0.1) is 10.1 Å². The van der Waals surface area contributed by atoms with Gasteiger partial charge in [0.15, 0.2) is 0 Å². The molecule has 2 amide bonds. The number of halogens is 2. The largest absolute Gasteiger partial charge is 0.336 e. The molecular weight excluding hydrogens is 419 g/mol. The molecule has 0 unspecified atom stereocenters. The van der Waals surface area contributed by atoms with Crippen LogP contribution in [0.5, 0.6) is 0 Å². The molecule has 0 saturated carbocycles. The summed E-state index contributed by atoms with van der Waals surface area (Å²) < 4.78 is 0. The van der Waals surface area contributed by atoms with Crippen molar-refractivity contribution in [3.63, 3.8) is 0 Å². The van der Waals surface area contributed by atoms with Gasteiger partial charge in [0.05, 0.1) is 22.2 Å². The molecule has 1 aliphatic rings.